The van der Waals surface area contributed by atoms with Crippen LogP contribution in [0.5, 0.6) is 0 Å². The Bertz CT molecular complexity index is 579. The number of carboxylic acid groups (broad SMARTS) is 1. The van der Waals surface area contributed by atoms with Gasteiger partial charge in [0.05, 0.1) is 5.75 Å². The summed E-state index contributed by atoms with van der Waals surface area (Å²) in [6.45, 7) is 6.39. The number of nitrogens with one attached hydrogen (secondary N) is 2. The molecule has 0 bridgehead atoms. The van der Waals surface area contributed by atoms with Crippen molar-refractivity contribution in [2.24, 2.45) is 5.41 Å². The highest BCUT2D eigenvalue weighted by molar-refractivity contribution is 7.99. The zero-order chi connectivity index (χ0) is 18.2. The Morgan fingerprint density at radius 3 is 2.25 bits per heavy atom. The van der Waals surface area contributed by atoms with Crippen molar-refractivity contribution >= 4 is 29.5 Å². The van der Waals surface area contributed by atoms with Gasteiger partial charge in [0, 0.05) is 29.8 Å². The summed E-state index contributed by atoms with van der Waals surface area (Å²) in [5, 5.41) is 14.1. The Labute approximate surface area is 146 Å². The molecule has 0 spiro atoms. The van der Waals surface area contributed by atoms with Crippen LogP contribution in [0, 0.1) is 5.41 Å². The van der Waals surface area contributed by atoms with Crippen LogP contribution in [0.25, 0.3) is 0 Å². The van der Waals surface area contributed by atoms with Gasteiger partial charge in [0.25, 0.3) is 5.91 Å². The van der Waals surface area contributed by atoms with Gasteiger partial charge in [-0.15, -0.1) is 11.8 Å². The average Bonchev–Trinajstić information content (AvgIpc) is 2.51. The fraction of sp³-hybridized carbons (Fsp3) is 0.471. The lowest BCUT2D eigenvalue weighted by molar-refractivity contribution is -0.134. The summed E-state index contributed by atoms with van der Waals surface area (Å²) in [5.41, 5.74) is 1.02. The first-order valence-electron chi connectivity index (χ1n) is 7.65. The number of benzene rings is 1. The largest absolute Gasteiger partial charge is 0.481 e. The topological polar surface area (TPSA) is 95.5 Å². The second kappa shape index (κ2) is 9.32. The van der Waals surface area contributed by atoms with Gasteiger partial charge in [-0.1, -0.05) is 32.9 Å². The molecule has 0 aliphatic rings. The van der Waals surface area contributed by atoms with Gasteiger partial charge in [0.15, 0.2) is 0 Å². The van der Waals surface area contributed by atoms with Crippen molar-refractivity contribution in [3.8, 4) is 0 Å². The number of carbonyl (C=O) groups excluding carboxylic acids is 2. The molecule has 132 valence electrons. The molecule has 7 heteroatoms. The van der Waals surface area contributed by atoms with Gasteiger partial charge in [-0.05, 0) is 17.7 Å². The number of hydrogen-bond donors (Lipinski definition) is 3. The minimum atomic E-state index is -0.861. The fourth-order valence-corrected chi connectivity index (χ4v) is 2.29. The maximum Gasteiger partial charge on any atom is 0.313 e. The van der Waals surface area contributed by atoms with E-state index in [0.717, 1.165) is 5.56 Å². The number of aliphatic carboxylic acids is 1. The quantitative estimate of drug-likeness (QED) is 0.621. The van der Waals surface area contributed by atoms with Crippen LogP contribution >= 0.6 is 11.8 Å². The van der Waals surface area contributed by atoms with Gasteiger partial charge in [-0.25, -0.2) is 0 Å². The Balaban J connectivity index is 2.39. The fourth-order valence-electron chi connectivity index (χ4n) is 1.72. The van der Waals surface area contributed by atoms with Crippen molar-refractivity contribution in [2.45, 2.75) is 27.3 Å². The van der Waals surface area contributed by atoms with E-state index in [-0.39, 0.29) is 17.6 Å². The first kappa shape index (κ1) is 20.0. The lowest BCUT2D eigenvalue weighted by atomic mass is 9.95. The van der Waals surface area contributed by atoms with Crippen LogP contribution in [0.4, 0.5) is 0 Å². The van der Waals surface area contributed by atoms with Crippen LogP contribution in [-0.2, 0) is 16.1 Å². The Hall–Kier alpha value is -2.02. The van der Waals surface area contributed by atoms with E-state index in [9.17, 15) is 14.4 Å². The summed E-state index contributed by atoms with van der Waals surface area (Å²) < 4.78 is 0. The molecule has 0 atom stereocenters. The molecule has 0 heterocycles. The molecule has 6 nitrogen and oxygen atoms in total. The van der Waals surface area contributed by atoms with Crippen molar-refractivity contribution in [3.63, 3.8) is 0 Å². The summed E-state index contributed by atoms with van der Waals surface area (Å²) in [6, 6.07) is 7.02. The highest BCUT2D eigenvalue weighted by Gasteiger charge is 2.20. The number of amides is 2. The predicted molar refractivity (Wildman–Crippen MR) is 95.0 cm³/mol. The molecule has 1 rings (SSSR count). The molecule has 24 heavy (non-hydrogen) atoms. The maximum absolute atomic E-state index is 11.9. The van der Waals surface area contributed by atoms with E-state index < -0.39 is 11.4 Å². The SMILES string of the molecule is CC(C)(C)C(=O)NCc1ccc(C(=O)NCCSCC(=O)O)cc1. The Kier molecular flexibility index (Phi) is 7.78. The second-order valence-corrected chi connectivity index (χ2v) is 7.44. The van der Waals surface area contributed by atoms with Crippen LogP contribution < -0.4 is 10.6 Å². The lowest BCUT2D eigenvalue weighted by Crippen LogP contribution is -2.34. The molecular formula is C17H24N2O4S. The van der Waals surface area contributed by atoms with E-state index >= 15 is 0 Å². The number of hydrogen-bond acceptors (Lipinski definition) is 4. The normalized spacial score (nSPS) is 11.0. The zero-order valence-electron chi connectivity index (χ0n) is 14.2. The van der Waals surface area contributed by atoms with Crippen LogP contribution in [-0.4, -0.2) is 40.9 Å². The van der Waals surface area contributed by atoms with E-state index in [1.54, 1.807) is 24.3 Å². The molecule has 0 aliphatic heterocycles. The van der Waals surface area contributed by atoms with Gasteiger partial charge in [-0.3, -0.25) is 14.4 Å². The number of thioether (sulfide) groups is 1. The summed E-state index contributed by atoms with van der Waals surface area (Å²) >= 11 is 1.26. The molecule has 2 amide bonds. The van der Waals surface area contributed by atoms with Crippen LogP contribution in [0.15, 0.2) is 24.3 Å². The van der Waals surface area contributed by atoms with Gasteiger partial charge < -0.3 is 15.7 Å². The first-order valence-corrected chi connectivity index (χ1v) is 8.80. The molecule has 1 aromatic carbocycles. The van der Waals surface area contributed by atoms with Crippen molar-refractivity contribution in [2.75, 3.05) is 18.1 Å². The second-order valence-electron chi connectivity index (χ2n) is 6.33. The minimum absolute atomic E-state index is 0.0248. The predicted octanol–water partition coefficient (Wildman–Crippen LogP) is 1.90. The Morgan fingerprint density at radius 1 is 1.08 bits per heavy atom. The molecule has 0 radical (unpaired) electrons. The molecule has 0 saturated carbocycles. The smallest absolute Gasteiger partial charge is 0.313 e. The van der Waals surface area contributed by atoms with Gasteiger partial charge in [0.2, 0.25) is 5.91 Å². The maximum atomic E-state index is 11.9. The third-order valence-corrected chi connectivity index (χ3v) is 4.05. The summed E-state index contributed by atoms with van der Waals surface area (Å²) in [6.07, 6.45) is 0. The molecular weight excluding hydrogens is 328 g/mol. The highest BCUT2D eigenvalue weighted by atomic mass is 32.2. The minimum Gasteiger partial charge on any atom is -0.481 e. The van der Waals surface area contributed by atoms with Gasteiger partial charge in [-0.2, -0.15) is 0 Å². The van der Waals surface area contributed by atoms with Crippen molar-refractivity contribution in [3.05, 3.63) is 35.4 Å². The van der Waals surface area contributed by atoms with E-state index in [1.165, 1.54) is 11.8 Å². The third kappa shape index (κ3) is 7.50. The van der Waals surface area contributed by atoms with Crippen molar-refractivity contribution < 1.29 is 19.5 Å². The third-order valence-electron chi connectivity index (χ3n) is 3.11. The molecule has 1 aromatic rings. The first-order chi connectivity index (χ1) is 11.2. The summed E-state index contributed by atoms with van der Waals surface area (Å²) in [4.78, 5) is 34.1. The standard InChI is InChI=1S/C17H24N2O4S/c1-17(2,3)16(23)19-10-12-4-6-13(7-5-12)15(22)18-8-9-24-11-14(20)21/h4-7H,8-11H2,1-3H3,(H,18,22)(H,19,23)(H,20,21). The zero-order valence-corrected chi connectivity index (χ0v) is 15.0. The van der Waals surface area contributed by atoms with Gasteiger partial charge in [0.1, 0.15) is 0 Å². The lowest BCUT2D eigenvalue weighted by Gasteiger charge is -2.17. The highest BCUT2D eigenvalue weighted by Crippen LogP contribution is 2.13. The molecule has 0 saturated heterocycles. The monoisotopic (exact) mass is 352 g/mol. The Morgan fingerprint density at radius 2 is 1.71 bits per heavy atom. The van der Waals surface area contributed by atoms with Crippen molar-refractivity contribution in [1.82, 2.24) is 10.6 Å². The summed E-state index contributed by atoms with van der Waals surface area (Å²) in [5.74, 6) is -0.500. The van der Waals surface area contributed by atoms with E-state index in [4.69, 9.17) is 5.11 Å². The van der Waals surface area contributed by atoms with E-state index in [1.807, 2.05) is 20.8 Å². The molecule has 0 aromatic heterocycles. The molecule has 0 fully saturated rings. The van der Waals surface area contributed by atoms with Gasteiger partial charge >= 0.3 is 5.97 Å². The van der Waals surface area contributed by atoms with E-state index in [0.29, 0.717) is 24.4 Å². The van der Waals surface area contributed by atoms with Crippen LogP contribution in [0.3, 0.4) is 0 Å². The average molecular weight is 352 g/mol. The van der Waals surface area contributed by atoms with E-state index in [2.05, 4.69) is 10.6 Å². The van der Waals surface area contributed by atoms with Crippen molar-refractivity contribution in [1.29, 1.82) is 0 Å². The van der Waals surface area contributed by atoms with Crippen LogP contribution in [0.1, 0.15) is 36.7 Å². The number of carbonyl (C=O) groups is 3. The molecule has 3 N–H and O–H groups in total. The number of carboxylic acids is 1. The number of rotatable bonds is 8. The summed E-state index contributed by atoms with van der Waals surface area (Å²) in [7, 11) is 0. The van der Waals surface area contributed by atoms with Crippen LogP contribution in [0.2, 0.25) is 0 Å². The molecule has 0 unspecified atom stereocenters. The molecule has 0 aliphatic carbocycles.